The summed E-state index contributed by atoms with van der Waals surface area (Å²) in [5.74, 6) is 0.590. The summed E-state index contributed by atoms with van der Waals surface area (Å²) in [5, 5.41) is 0. The van der Waals surface area contributed by atoms with Crippen LogP contribution < -0.4 is 10.6 Å². The lowest BCUT2D eigenvalue weighted by Gasteiger charge is -2.23. The molecule has 0 aliphatic carbocycles. The first kappa shape index (κ1) is 13.3. The molecule has 0 bridgehead atoms. The first-order valence-electron chi connectivity index (χ1n) is 5.58. The van der Waals surface area contributed by atoms with Crippen LogP contribution in [-0.2, 0) is 12.7 Å². The van der Waals surface area contributed by atoms with Gasteiger partial charge in [-0.05, 0) is 30.3 Å². The number of halogens is 3. The minimum absolute atomic E-state index is 0.0677. The topological polar surface area (TPSA) is 42.4 Å². The molecule has 0 saturated carbocycles. The maximum Gasteiger partial charge on any atom is 0.418 e. The van der Waals surface area contributed by atoms with Gasteiger partial charge in [-0.2, -0.15) is 13.2 Å². The maximum atomic E-state index is 13.0. The van der Waals surface area contributed by atoms with Crippen molar-refractivity contribution in [3.8, 4) is 0 Å². The van der Waals surface area contributed by atoms with Gasteiger partial charge < -0.3 is 15.1 Å². The van der Waals surface area contributed by atoms with E-state index in [1.807, 2.05) is 0 Å². The Kier molecular flexibility index (Phi) is 3.42. The molecule has 2 aromatic rings. The molecule has 19 heavy (non-hydrogen) atoms. The molecule has 2 rings (SSSR count). The largest absolute Gasteiger partial charge is 0.467 e. The van der Waals surface area contributed by atoms with Gasteiger partial charge in [0, 0.05) is 18.4 Å². The Balaban J connectivity index is 2.33. The molecule has 3 nitrogen and oxygen atoms in total. The summed E-state index contributed by atoms with van der Waals surface area (Å²) in [5.41, 5.74) is 4.83. The van der Waals surface area contributed by atoms with E-state index in [4.69, 9.17) is 10.2 Å². The number of anilines is 2. The van der Waals surface area contributed by atoms with Crippen molar-refractivity contribution >= 4 is 11.4 Å². The first-order chi connectivity index (χ1) is 8.88. The van der Waals surface area contributed by atoms with Crippen molar-refractivity contribution < 1.29 is 17.6 Å². The van der Waals surface area contributed by atoms with Gasteiger partial charge in [-0.25, -0.2) is 0 Å². The van der Waals surface area contributed by atoms with Crippen LogP contribution in [-0.4, -0.2) is 7.05 Å². The Morgan fingerprint density at radius 1 is 1.26 bits per heavy atom. The summed E-state index contributed by atoms with van der Waals surface area (Å²) < 4.78 is 44.0. The average molecular weight is 270 g/mol. The predicted octanol–water partition coefficient (Wildman–Crippen LogP) is 3.52. The summed E-state index contributed by atoms with van der Waals surface area (Å²) in [6, 6.07) is 7.15. The molecule has 0 saturated heterocycles. The Hall–Kier alpha value is -2.11. The van der Waals surface area contributed by atoms with Crippen LogP contribution >= 0.6 is 0 Å². The lowest BCUT2D eigenvalue weighted by Crippen LogP contribution is -2.20. The van der Waals surface area contributed by atoms with Gasteiger partial charge in [0.1, 0.15) is 5.76 Å². The van der Waals surface area contributed by atoms with Crippen LogP contribution in [0.5, 0.6) is 0 Å². The average Bonchev–Trinajstić information content (AvgIpc) is 2.80. The quantitative estimate of drug-likeness (QED) is 0.868. The Morgan fingerprint density at radius 3 is 2.58 bits per heavy atom. The second-order valence-corrected chi connectivity index (χ2v) is 4.21. The fourth-order valence-electron chi connectivity index (χ4n) is 1.84. The molecule has 1 aromatic carbocycles. The maximum absolute atomic E-state index is 13.0. The molecule has 0 amide bonds. The number of hydrogen-bond acceptors (Lipinski definition) is 3. The summed E-state index contributed by atoms with van der Waals surface area (Å²) >= 11 is 0. The van der Waals surface area contributed by atoms with Crippen molar-refractivity contribution in [3.05, 3.63) is 47.9 Å². The van der Waals surface area contributed by atoms with Crippen LogP contribution in [0.15, 0.2) is 41.0 Å². The highest BCUT2D eigenvalue weighted by Gasteiger charge is 2.34. The van der Waals surface area contributed by atoms with E-state index in [2.05, 4.69) is 0 Å². The molecule has 0 radical (unpaired) electrons. The van der Waals surface area contributed by atoms with Gasteiger partial charge in [0.05, 0.1) is 18.4 Å². The van der Waals surface area contributed by atoms with E-state index in [1.54, 1.807) is 19.2 Å². The summed E-state index contributed by atoms with van der Waals surface area (Å²) in [6.07, 6.45) is -2.96. The fraction of sp³-hybridized carbons (Fsp3) is 0.231. The van der Waals surface area contributed by atoms with Crippen molar-refractivity contribution in [1.82, 2.24) is 0 Å². The fourth-order valence-corrected chi connectivity index (χ4v) is 1.84. The van der Waals surface area contributed by atoms with E-state index >= 15 is 0 Å². The molecule has 0 aliphatic rings. The van der Waals surface area contributed by atoms with E-state index in [0.29, 0.717) is 5.76 Å². The molecule has 1 heterocycles. The minimum atomic E-state index is -4.44. The molecule has 0 unspecified atom stereocenters. The van der Waals surface area contributed by atoms with Gasteiger partial charge >= 0.3 is 6.18 Å². The molecule has 1 aromatic heterocycles. The zero-order chi connectivity index (χ0) is 14.0. The predicted molar refractivity (Wildman–Crippen MR) is 66.7 cm³/mol. The highest BCUT2D eigenvalue weighted by atomic mass is 19.4. The van der Waals surface area contributed by atoms with Gasteiger partial charge in [-0.3, -0.25) is 0 Å². The normalized spacial score (nSPS) is 11.6. The van der Waals surface area contributed by atoms with E-state index in [-0.39, 0.29) is 17.9 Å². The lowest BCUT2D eigenvalue weighted by atomic mass is 10.1. The van der Waals surface area contributed by atoms with Gasteiger partial charge in [0.15, 0.2) is 0 Å². The highest BCUT2D eigenvalue weighted by Crippen LogP contribution is 2.37. The molecule has 2 N–H and O–H groups in total. The number of nitrogen functional groups attached to an aromatic ring is 1. The second kappa shape index (κ2) is 4.87. The van der Waals surface area contributed by atoms with Crippen molar-refractivity contribution in [2.24, 2.45) is 0 Å². The molecule has 0 fully saturated rings. The Bertz CT molecular complexity index is 550. The monoisotopic (exact) mass is 270 g/mol. The molecule has 0 aliphatic heterocycles. The van der Waals surface area contributed by atoms with Crippen molar-refractivity contribution in [2.75, 3.05) is 17.7 Å². The van der Waals surface area contributed by atoms with Gasteiger partial charge in [-0.15, -0.1) is 0 Å². The highest BCUT2D eigenvalue weighted by molar-refractivity contribution is 5.60. The number of furan rings is 1. The van der Waals surface area contributed by atoms with Crippen LogP contribution in [0, 0.1) is 0 Å². The van der Waals surface area contributed by atoms with Crippen LogP contribution in [0.2, 0.25) is 0 Å². The Labute approximate surface area is 108 Å². The van der Waals surface area contributed by atoms with Gasteiger partial charge in [0.25, 0.3) is 0 Å². The lowest BCUT2D eigenvalue weighted by molar-refractivity contribution is -0.137. The van der Waals surface area contributed by atoms with Crippen molar-refractivity contribution in [1.29, 1.82) is 0 Å². The number of hydrogen-bond donors (Lipinski definition) is 1. The zero-order valence-corrected chi connectivity index (χ0v) is 10.2. The third kappa shape index (κ3) is 3.01. The summed E-state index contributed by atoms with van der Waals surface area (Å²) in [7, 11) is 1.57. The van der Waals surface area contributed by atoms with E-state index in [1.165, 1.54) is 23.3 Å². The van der Waals surface area contributed by atoms with Crippen molar-refractivity contribution in [3.63, 3.8) is 0 Å². The van der Waals surface area contributed by atoms with E-state index in [9.17, 15) is 13.2 Å². The SMILES string of the molecule is CN(Cc1ccco1)c1ccc(N)cc1C(F)(F)F. The number of alkyl halides is 3. The second-order valence-electron chi connectivity index (χ2n) is 4.21. The van der Waals surface area contributed by atoms with Crippen LogP contribution in [0.25, 0.3) is 0 Å². The van der Waals surface area contributed by atoms with Crippen LogP contribution in [0.1, 0.15) is 11.3 Å². The first-order valence-corrected chi connectivity index (χ1v) is 5.58. The number of nitrogens with two attached hydrogens (primary N) is 1. The number of rotatable bonds is 3. The number of nitrogens with zero attached hydrogens (tertiary/aromatic N) is 1. The third-order valence-corrected chi connectivity index (χ3v) is 2.71. The van der Waals surface area contributed by atoms with Gasteiger partial charge in [0.2, 0.25) is 0 Å². The summed E-state index contributed by atoms with van der Waals surface area (Å²) in [4.78, 5) is 1.47. The standard InChI is InChI=1S/C13H13F3N2O/c1-18(8-10-3-2-6-19-10)12-5-4-9(17)7-11(12)13(14,15)16/h2-7H,8,17H2,1H3. The molecule has 102 valence electrons. The molecular weight excluding hydrogens is 257 g/mol. The summed E-state index contributed by atoms with van der Waals surface area (Å²) in [6.45, 7) is 0.250. The van der Waals surface area contributed by atoms with Gasteiger partial charge in [-0.1, -0.05) is 0 Å². The third-order valence-electron chi connectivity index (χ3n) is 2.71. The molecular formula is C13H13F3N2O. The Morgan fingerprint density at radius 2 is 2.00 bits per heavy atom. The number of benzene rings is 1. The smallest absolute Gasteiger partial charge is 0.418 e. The van der Waals surface area contributed by atoms with Crippen LogP contribution in [0.3, 0.4) is 0 Å². The minimum Gasteiger partial charge on any atom is -0.467 e. The van der Waals surface area contributed by atoms with Crippen LogP contribution in [0.4, 0.5) is 24.5 Å². The molecule has 0 spiro atoms. The van der Waals surface area contributed by atoms with Crippen molar-refractivity contribution in [2.45, 2.75) is 12.7 Å². The molecule has 0 atom stereocenters. The van der Waals surface area contributed by atoms with E-state index in [0.717, 1.165) is 6.07 Å². The zero-order valence-electron chi connectivity index (χ0n) is 10.2. The van der Waals surface area contributed by atoms with E-state index < -0.39 is 11.7 Å². The molecule has 6 heteroatoms.